The smallest absolute Gasteiger partial charge is 0.251 e. The van der Waals surface area contributed by atoms with E-state index in [-0.39, 0.29) is 11.9 Å². The van der Waals surface area contributed by atoms with Crippen molar-refractivity contribution in [3.8, 4) is 5.75 Å². The third-order valence-corrected chi connectivity index (χ3v) is 5.37. The van der Waals surface area contributed by atoms with Crippen LogP contribution in [0.2, 0.25) is 0 Å². The molecule has 2 heterocycles. The number of nitrogens with zero attached hydrogens (tertiary/aromatic N) is 2. The lowest BCUT2D eigenvalue weighted by Crippen LogP contribution is -2.43. The highest BCUT2D eigenvalue weighted by molar-refractivity contribution is 5.94. The first-order valence-corrected chi connectivity index (χ1v) is 10.6. The number of pyridine rings is 1. The zero-order valence-corrected chi connectivity index (χ0v) is 17.4. The first-order valence-electron chi connectivity index (χ1n) is 10.6. The molecular weight excluding hydrogens is 390 g/mol. The van der Waals surface area contributed by atoms with Gasteiger partial charge < -0.3 is 14.8 Å². The Hall–Kier alpha value is -3.22. The summed E-state index contributed by atoms with van der Waals surface area (Å²) in [6, 6.07) is 21.5. The molecule has 1 aliphatic heterocycles. The van der Waals surface area contributed by atoms with E-state index in [2.05, 4.69) is 27.3 Å². The number of carbonyl (C=O) groups is 1. The van der Waals surface area contributed by atoms with Gasteiger partial charge >= 0.3 is 0 Å². The van der Waals surface area contributed by atoms with Crippen LogP contribution in [0.3, 0.4) is 0 Å². The molecule has 2 aromatic carbocycles. The van der Waals surface area contributed by atoms with E-state index in [1.165, 1.54) is 5.56 Å². The highest BCUT2D eigenvalue weighted by Crippen LogP contribution is 2.21. The number of benzene rings is 2. The zero-order valence-electron chi connectivity index (χ0n) is 17.4. The van der Waals surface area contributed by atoms with Gasteiger partial charge in [0.1, 0.15) is 12.4 Å². The fraction of sp³-hybridized carbons (Fsp3) is 0.280. The zero-order chi connectivity index (χ0) is 21.3. The van der Waals surface area contributed by atoms with E-state index in [4.69, 9.17) is 9.47 Å². The Morgan fingerprint density at radius 2 is 1.81 bits per heavy atom. The van der Waals surface area contributed by atoms with Crippen molar-refractivity contribution in [1.29, 1.82) is 0 Å². The molecule has 1 N–H and O–H groups in total. The highest BCUT2D eigenvalue weighted by atomic mass is 16.5. The Bertz CT molecular complexity index is 943. The molecule has 1 aromatic heterocycles. The van der Waals surface area contributed by atoms with E-state index in [0.29, 0.717) is 18.7 Å². The minimum atomic E-state index is -0.0898. The Morgan fingerprint density at radius 1 is 1.03 bits per heavy atom. The second-order valence-electron chi connectivity index (χ2n) is 7.46. The number of hydrogen-bond acceptors (Lipinski definition) is 5. The lowest BCUT2D eigenvalue weighted by molar-refractivity contribution is 0.0162. The van der Waals surface area contributed by atoms with Gasteiger partial charge in [0.25, 0.3) is 5.91 Å². The third kappa shape index (κ3) is 5.90. The van der Waals surface area contributed by atoms with E-state index < -0.39 is 0 Å². The van der Waals surface area contributed by atoms with Gasteiger partial charge in [-0.2, -0.15) is 0 Å². The molecule has 0 aliphatic carbocycles. The van der Waals surface area contributed by atoms with Crippen LogP contribution < -0.4 is 10.1 Å². The van der Waals surface area contributed by atoms with Crippen molar-refractivity contribution in [2.45, 2.75) is 12.6 Å². The summed E-state index contributed by atoms with van der Waals surface area (Å²) in [4.78, 5) is 19.2. The van der Waals surface area contributed by atoms with Gasteiger partial charge in [0, 0.05) is 43.2 Å². The van der Waals surface area contributed by atoms with Crippen molar-refractivity contribution in [3.05, 3.63) is 95.8 Å². The monoisotopic (exact) mass is 417 g/mol. The summed E-state index contributed by atoms with van der Waals surface area (Å²) in [6.07, 6.45) is 3.51. The molecule has 1 unspecified atom stereocenters. The molecule has 160 valence electrons. The SMILES string of the molecule is O=C(NCC(c1ccccc1)N1CCOCC1)c1ccc(OCc2cccnc2)cc1. The Morgan fingerprint density at radius 3 is 2.52 bits per heavy atom. The standard InChI is InChI=1S/C25H27N3O3/c29-25(22-8-10-23(11-9-22)31-19-20-5-4-12-26-17-20)27-18-24(21-6-2-1-3-7-21)28-13-15-30-16-14-28/h1-12,17,24H,13-16,18-19H2,(H,27,29). The Labute approximate surface area is 182 Å². The molecule has 31 heavy (non-hydrogen) atoms. The minimum absolute atomic E-state index is 0.0898. The molecule has 1 aliphatic rings. The number of carbonyl (C=O) groups excluding carboxylic acids is 1. The fourth-order valence-electron chi connectivity index (χ4n) is 3.67. The van der Waals surface area contributed by atoms with E-state index in [1.54, 1.807) is 24.5 Å². The normalized spacial score (nSPS) is 15.2. The van der Waals surface area contributed by atoms with Crippen LogP contribution in [0.5, 0.6) is 5.75 Å². The van der Waals surface area contributed by atoms with Gasteiger partial charge in [0.15, 0.2) is 0 Å². The number of hydrogen-bond donors (Lipinski definition) is 1. The molecule has 0 bridgehead atoms. The molecule has 1 amide bonds. The van der Waals surface area contributed by atoms with Crippen LogP contribution in [0.1, 0.15) is 27.5 Å². The van der Waals surface area contributed by atoms with Crippen molar-refractivity contribution in [2.75, 3.05) is 32.8 Å². The van der Waals surface area contributed by atoms with Crippen molar-refractivity contribution in [2.24, 2.45) is 0 Å². The van der Waals surface area contributed by atoms with E-state index in [0.717, 1.165) is 37.6 Å². The highest BCUT2D eigenvalue weighted by Gasteiger charge is 2.23. The van der Waals surface area contributed by atoms with Gasteiger partial charge in [0.05, 0.1) is 19.3 Å². The first kappa shape index (κ1) is 21.0. The molecule has 1 saturated heterocycles. The summed E-state index contributed by atoms with van der Waals surface area (Å²) in [6.45, 7) is 4.15. The van der Waals surface area contributed by atoms with Gasteiger partial charge in [-0.05, 0) is 35.9 Å². The van der Waals surface area contributed by atoms with Gasteiger partial charge in [0.2, 0.25) is 0 Å². The lowest BCUT2D eigenvalue weighted by Gasteiger charge is -2.35. The van der Waals surface area contributed by atoms with Gasteiger partial charge in [-0.3, -0.25) is 14.7 Å². The average Bonchev–Trinajstić information content (AvgIpc) is 2.85. The van der Waals surface area contributed by atoms with Crippen LogP contribution in [-0.2, 0) is 11.3 Å². The molecule has 1 atom stereocenters. The minimum Gasteiger partial charge on any atom is -0.489 e. The molecule has 0 spiro atoms. The number of rotatable bonds is 8. The van der Waals surface area contributed by atoms with Crippen LogP contribution in [0, 0.1) is 0 Å². The van der Waals surface area contributed by atoms with Crippen molar-refractivity contribution in [1.82, 2.24) is 15.2 Å². The second kappa shape index (κ2) is 10.7. The molecule has 6 nitrogen and oxygen atoms in total. The topological polar surface area (TPSA) is 63.7 Å². The number of ether oxygens (including phenoxy) is 2. The molecule has 6 heteroatoms. The predicted octanol–water partition coefficient (Wildman–Crippen LogP) is 3.46. The van der Waals surface area contributed by atoms with Crippen LogP contribution in [0.4, 0.5) is 0 Å². The lowest BCUT2D eigenvalue weighted by atomic mass is 10.0. The maximum atomic E-state index is 12.8. The maximum absolute atomic E-state index is 12.8. The van der Waals surface area contributed by atoms with Crippen molar-refractivity contribution in [3.63, 3.8) is 0 Å². The van der Waals surface area contributed by atoms with Gasteiger partial charge in [-0.25, -0.2) is 0 Å². The molecule has 0 saturated carbocycles. The van der Waals surface area contributed by atoms with Crippen LogP contribution in [0.15, 0.2) is 79.1 Å². The number of morpholine rings is 1. The van der Waals surface area contributed by atoms with Crippen molar-refractivity contribution < 1.29 is 14.3 Å². The molecule has 1 fully saturated rings. The Kier molecular flexibility index (Phi) is 7.26. The summed E-state index contributed by atoms with van der Waals surface area (Å²) in [5.41, 5.74) is 2.81. The number of nitrogens with one attached hydrogen (secondary N) is 1. The van der Waals surface area contributed by atoms with Gasteiger partial charge in [-0.15, -0.1) is 0 Å². The van der Waals surface area contributed by atoms with Crippen LogP contribution in [0.25, 0.3) is 0 Å². The summed E-state index contributed by atoms with van der Waals surface area (Å²) < 4.78 is 11.3. The van der Waals surface area contributed by atoms with E-state index >= 15 is 0 Å². The third-order valence-electron chi connectivity index (χ3n) is 5.37. The predicted molar refractivity (Wildman–Crippen MR) is 119 cm³/mol. The summed E-state index contributed by atoms with van der Waals surface area (Å²) in [5, 5.41) is 3.10. The number of amides is 1. The summed E-state index contributed by atoms with van der Waals surface area (Å²) >= 11 is 0. The Balaban J connectivity index is 1.35. The number of aromatic nitrogens is 1. The summed E-state index contributed by atoms with van der Waals surface area (Å²) in [5.74, 6) is 0.629. The van der Waals surface area contributed by atoms with E-state index in [9.17, 15) is 4.79 Å². The summed E-state index contributed by atoms with van der Waals surface area (Å²) in [7, 11) is 0. The van der Waals surface area contributed by atoms with Crippen LogP contribution >= 0.6 is 0 Å². The van der Waals surface area contributed by atoms with Crippen LogP contribution in [-0.4, -0.2) is 48.6 Å². The largest absolute Gasteiger partial charge is 0.489 e. The molecule has 0 radical (unpaired) electrons. The van der Waals surface area contributed by atoms with Gasteiger partial charge in [-0.1, -0.05) is 36.4 Å². The molecule has 4 rings (SSSR count). The average molecular weight is 418 g/mol. The first-order chi connectivity index (χ1) is 15.3. The quantitative estimate of drug-likeness (QED) is 0.608. The van der Waals surface area contributed by atoms with E-state index in [1.807, 2.05) is 42.5 Å². The maximum Gasteiger partial charge on any atom is 0.251 e. The molecular formula is C25H27N3O3. The second-order valence-corrected chi connectivity index (χ2v) is 7.46. The van der Waals surface area contributed by atoms with Crippen molar-refractivity contribution >= 4 is 5.91 Å². The molecule has 3 aromatic rings. The fourth-order valence-corrected chi connectivity index (χ4v) is 3.67.